The number of urea groups is 1. The number of rotatable bonds is 5. The standard InChI is InChI=1S/C18H20FN3O2/c1-20-17(23)15-7-3-14(4-8-15)12-22(2)18(24)21-11-13-5-9-16(19)10-6-13/h3-10H,11-12H2,1-2H3,(H,20,23)(H,21,24). The number of carbonyl (C=O) groups excluding carboxylic acids is 2. The first-order valence-electron chi connectivity index (χ1n) is 7.54. The maximum atomic E-state index is 12.8. The lowest BCUT2D eigenvalue weighted by Crippen LogP contribution is -2.36. The van der Waals surface area contributed by atoms with Crippen molar-refractivity contribution in [1.82, 2.24) is 15.5 Å². The molecule has 0 radical (unpaired) electrons. The van der Waals surface area contributed by atoms with Gasteiger partial charge in [0, 0.05) is 32.7 Å². The lowest BCUT2D eigenvalue weighted by atomic mass is 10.1. The molecule has 0 atom stereocenters. The van der Waals surface area contributed by atoms with Gasteiger partial charge >= 0.3 is 6.03 Å². The average molecular weight is 329 g/mol. The molecule has 5 nitrogen and oxygen atoms in total. The summed E-state index contributed by atoms with van der Waals surface area (Å²) in [5.41, 5.74) is 2.32. The van der Waals surface area contributed by atoms with Crippen molar-refractivity contribution < 1.29 is 14.0 Å². The molecular weight excluding hydrogens is 309 g/mol. The molecule has 0 aliphatic heterocycles. The maximum Gasteiger partial charge on any atom is 0.317 e. The summed E-state index contributed by atoms with van der Waals surface area (Å²) < 4.78 is 12.8. The first kappa shape index (κ1) is 17.5. The van der Waals surface area contributed by atoms with Crippen LogP contribution in [-0.2, 0) is 13.1 Å². The second kappa shape index (κ2) is 8.10. The molecule has 0 bridgehead atoms. The SMILES string of the molecule is CNC(=O)c1ccc(CN(C)C(=O)NCc2ccc(F)cc2)cc1. The summed E-state index contributed by atoms with van der Waals surface area (Å²) in [6, 6.07) is 12.8. The van der Waals surface area contributed by atoms with Gasteiger partial charge in [0.15, 0.2) is 0 Å². The maximum absolute atomic E-state index is 12.8. The molecule has 0 aliphatic carbocycles. The van der Waals surface area contributed by atoms with Crippen molar-refractivity contribution in [2.45, 2.75) is 13.1 Å². The lowest BCUT2D eigenvalue weighted by molar-refractivity contribution is 0.0963. The van der Waals surface area contributed by atoms with E-state index in [0.29, 0.717) is 18.7 Å². The van der Waals surface area contributed by atoms with E-state index in [1.807, 2.05) is 12.1 Å². The first-order valence-corrected chi connectivity index (χ1v) is 7.54. The molecule has 24 heavy (non-hydrogen) atoms. The van der Waals surface area contributed by atoms with Crippen LogP contribution in [-0.4, -0.2) is 30.9 Å². The molecule has 0 saturated carbocycles. The van der Waals surface area contributed by atoms with Gasteiger partial charge in [-0.05, 0) is 35.4 Å². The Bertz CT molecular complexity index is 699. The highest BCUT2D eigenvalue weighted by atomic mass is 19.1. The predicted octanol–water partition coefficient (Wildman–Crippen LogP) is 2.53. The van der Waals surface area contributed by atoms with Crippen molar-refractivity contribution in [2.75, 3.05) is 14.1 Å². The van der Waals surface area contributed by atoms with E-state index in [9.17, 15) is 14.0 Å². The molecule has 2 rings (SSSR count). The summed E-state index contributed by atoms with van der Waals surface area (Å²) in [4.78, 5) is 25.1. The fourth-order valence-electron chi connectivity index (χ4n) is 2.17. The number of hydrogen-bond acceptors (Lipinski definition) is 2. The quantitative estimate of drug-likeness (QED) is 0.885. The van der Waals surface area contributed by atoms with Gasteiger partial charge in [0.1, 0.15) is 5.82 Å². The highest BCUT2D eigenvalue weighted by Crippen LogP contribution is 2.07. The van der Waals surface area contributed by atoms with Crippen LogP contribution in [0.15, 0.2) is 48.5 Å². The third-order valence-electron chi connectivity index (χ3n) is 3.57. The highest BCUT2D eigenvalue weighted by Gasteiger charge is 2.09. The van der Waals surface area contributed by atoms with Gasteiger partial charge in [-0.1, -0.05) is 24.3 Å². The predicted molar refractivity (Wildman–Crippen MR) is 89.9 cm³/mol. The largest absolute Gasteiger partial charge is 0.355 e. The molecule has 0 saturated heterocycles. The first-order chi connectivity index (χ1) is 11.5. The monoisotopic (exact) mass is 329 g/mol. The van der Waals surface area contributed by atoms with E-state index in [1.165, 1.54) is 12.1 Å². The summed E-state index contributed by atoms with van der Waals surface area (Å²) in [6.07, 6.45) is 0. The molecule has 0 aliphatic rings. The highest BCUT2D eigenvalue weighted by molar-refractivity contribution is 5.93. The minimum absolute atomic E-state index is 0.146. The third kappa shape index (κ3) is 4.81. The van der Waals surface area contributed by atoms with Crippen LogP contribution in [0.25, 0.3) is 0 Å². The van der Waals surface area contributed by atoms with Gasteiger partial charge in [-0.15, -0.1) is 0 Å². The van der Waals surface area contributed by atoms with E-state index in [2.05, 4.69) is 10.6 Å². The van der Waals surface area contributed by atoms with Crippen LogP contribution in [0.2, 0.25) is 0 Å². The molecule has 3 amide bonds. The second-order valence-corrected chi connectivity index (χ2v) is 5.42. The summed E-state index contributed by atoms with van der Waals surface area (Å²) >= 11 is 0. The molecule has 2 aromatic rings. The molecule has 0 spiro atoms. The third-order valence-corrected chi connectivity index (χ3v) is 3.57. The molecule has 2 N–H and O–H groups in total. The van der Waals surface area contributed by atoms with Gasteiger partial charge in [0.2, 0.25) is 0 Å². The fraction of sp³-hybridized carbons (Fsp3) is 0.222. The van der Waals surface area contributed by atoms with E-state index in [4.69, 9.17) is 0 Å². The van der Waals surface area contributed by atoms with E-state index >= 15 is 0 Å². The average Bonchev–Trinajstić information content (AvgIpc) is 2.60. The van der Waals surface area contributed by atoms with Gasteiger partial charge in [0.25, 0.3) is 5.91 Å². The van der Waals surface area contributed by atoms with E-state index in [1.54, 1.807) is 43.3 Å². The van der Waals surface area contributed by atoms with Crippen molar-refractivity contribution in [3.8, 4) is 0 Å². The minimum atomic E-state index is -0.303. The van der Waals surface area contributed by atoms with Gasteiger partial charge in [-0.3, -0.25) is 4.79 Å². The zero-order chi connectivity index (χ0) is 17.5. The minimum Gasteiger partial charge on any atom is -0.355 e. The number of amides is 3. The van der Waals surface area contributed by atoms with Gasteiger partial charge in [0.05, 0.1) is 0 Å². The van der Waals surface area contributed by atoms with Crippen LogP contribution in [0.1, 0.15) is 21.5 Å². The summed E-state index contributed by atoms with van der Waals surface area (Å²) in [5, 5.41) is 5.34. The summed E-state index contributed by atoms with van der Waals surface area (Å²) in [5.74, 6) is -0.450. The Labute approximate surface area is 140 Å². The van der Waals surface area contributed by atoms with E-state index in [0.717, 1.165) is 11.1 Å². The Hall–Kier alpha value is -2.89. The Kier molecular flexibility index (Phi) is 5.89. The van der Waals surface area contributed by atoms with Gasteiger partial charge in [-0.2, -0.15) is 0 Å². The van der Waals surface area contributed by atoms with Crippen LogP contribution in [0.4, 0.5) is 9.18 Å². The topological polar surface area (TPSA) is 61.4 Å². The normalized spacial score (nSPS) is 10.1. The van der Waals surface area contributed by atoms with Crippen LogP contribution in [0.3, 0.4) is 0 Å². The second-order valence-electron chi connectivity index (χ2n) is 5.42. The molecule has 6 heteroatoms. The fourth-order valence-corrected chi connectivity index (χ4v) is 2.17. The van der Waals surface area contributed by atoms with Crippen LogP contribution >= 0.6 is 0 Å². The van der Waals surface area contributed by atoms with E-state index < -0.39 is 0 Å². The van der Waals surface area contributed by atoms with Crippen molar-refractivity contribution >= 4 is 11.9 Å². The number of carbonyl (C=O) groups is 2. The number of halogens is 1. The lowest BCUT2D eigenvalue weighted by Gasteiger charge is -2.18. The van der Waals surface area contributed by atoms with Crippen molar-refractivity contribution in [3.63, 3.8) is 0 Å². The van der Waals surface area contributed by atoms with Crippen LogP contribution in [0, 0.1) is 5.82 Å². The molecule has 2 aromatic carbocycles. The summed E-state index contributed by atoms with van der Waals surface area (Å²) in [7, 11) is 3.27. The molecule has 0 fully saturated rings. The van der Waals surface area contributed by atoms with Crippen LogP contribution in [0.5, 0.6) is 0 Å². The molecular formula is C18H20FN3O2. The smallest absolute Gasteiger partial charge is 0.317 e. The Balaban J connectivity index is 1.86. The van der Waals surface area contributed by atoms with Gasteiger partial charge in [-0.25, -0.2) is 9.18 Å². The molecule has 0 aromatic heterocycles. The van der Waals surface area contributed by atoms with Crippen molar-refractivity contribution in [2.24, 2.45) is 0 Å². The zero-order valence-electron chi connectivity index (χ0n) is 13.7. The molecule has 0 heterocycles. The number of hydrogen-bond donors (Lipinski definition) is 2. The number of nitrogens with zero attached hydrogens (tertiary/aromatic N) is 1. The zero-order valence-corrected chi connectivity index (χ0v) is 13.7. The Morgan fingerprint density at radius 1 is 1.00 bits per heavy atom. The Morgan fingerprint density at radius 2 is 1.58 bits per heavy atom. The molecule has 0 unspecified atom stereocenters. The van der Waals surface area contributed by atoms with Gasteiger partial charge < -0.3 is 15.5 Å². The molecule has 126 valence electrons. The van der Waals surface area contributed by atoms with Crippen molar-refractivity contribution in [1.29, 1.82) is 0 Å². The number of nitrogens with one attached hydrogen (secondary N) is 2. The summed E-state index contributed by atoms with van der Waals surface area (Å²) in [6.45, 7) is 0.752. The Morgan fingerprint density at radius 3 is 2.17 bits per heavy atom. The van der Waals surface area contributed by atoms with E-state index in [-0.39, 0.29) is 17.8 Å². The van der Waals surface area contributed by atoms with Crippen LogP contribution < -0.4 is 10.6 Å². The van der Waals surface area contributed by atoms with Crippen molar-refractivity contribution in [3.05, 3.63) is 71.0 Å². The number of benzene rings is 2.